The zero-order valence-electron chi connectivity index (χ0n) is 15.9. The molecule has 7 heteroatoms. The van der Waals surface area contributed by atoms with Crippen molar-refractivity contribution in [1.29, 1.82) is 0 Å². The van der Waals surface area contributed by atoms with Crippen molar-refractivity contribution in [3.05, 3.63) is 35.9 Å². The van der Waals surface area contributed by atoms with E-state index in [1.165, 1.54) is 6.08 Å². The smallest absolute Gasteiger partial charge is 0.244 e. The number of hydrogen-bond acceptors (Lipinski definition) is 4. The standard InChI is InChI=1S/C20H27N3O4/c1-15(20(26)21-12-4-14-23-13-3-5-19(23)25)22-18(24)11-8-16-6-9-17(27-2)10-7-16/h6-11,15H,3-5,12-14H2,1-2H3,(H,21,26)(H,22,24)/b11-8+. The Hall–Kier alpha value is -2.83. The molecule has 1 saturated heterocycles. The Balaban J connectivity index is 1.67. The first-order valence-electron chi connectivity index (χ1n) is 9.17. The molecule has 1 aromatic carbocycles. The predicted octanol–water partition coefficient (Wildman–Crippen LogP) is 1.34. The molecule has 2 rings (SSSR count). The summed E-state index contributed by atoms with van der Waals surface area (Å²) >= 11 is 0. The molecule has 0 aliphatic carbocycles. The molecule has 0 radical (unpaired) electrons. The Morgan fingerprint density at radius 3 is 2.67 bits per heavy atom. The maximum absolute atomic E-state index is 12.0. The van der Waals surface area contributed by atoms with Gasteiger partial charge in [-0.3, -0.25) is 14.4 Å². The fourth-order valence-electron chi connectivity index (χ4n) is 2.79. The summed E-state index contributed by atoms with van der Waals surface area (Å²) in [5.41, 5.74) is 0.861. The number of rotatable bonds is 9. The molecule has 0 aromatic heterocycles. The summed E-state index contributed by atoms with van der Waals surface area (Å²) in [6.45, 7) is 3.58. The summed E-state index contributed by atoms with van der Waals surface area (Å²) in [5.74, 6) is 0.353. The van der Waals surface area contributed by atoms with Gasteiger partial charge in [-0.15, -0.1) is 0 Å². The largest absolute Gasteiger partial charge is 0.497 e. The fourth-order valence-corrected chi connectivity index (χ4v) is 2.79. The Morgan fingerprint density at radius 2 is 2.04 bits per heavy atom. The number of carbonyl (C=O) groups excluding carboxylic acids is 3. The highest BCUT2D eigenvalue weighted by atomic mass is 16.5. The summed E-state index contributed by atoms with van der Waals surface area (Å²) in [5, 5.41) is 5.42. The molecule has 1 heterocycles. The van der Waals surface area contributed by atoms with Gasteiger partial charge in [0, 0.05) is 32.1 Å². The number of nitrogens with one attached hydrogen (secondary N) is 2. The molecule has 0 bridgehead atoms. The van der Waals surface area contributed by atoms with E-state index >= 15 is 0 Å². The van der Waals surface area contributed by atoms with Crippen molar-refractivity contribution in [3.63, 3.8) is 0 Å². The minimum atomic E-state index is -0.633. The average Bonchev–Trinajstić information content (AvgIpc) is 3.08. The van der Waals surface area contributed by atoms with E-state index in [4.69, 9.17) is 4.74 Å². The van der Waals surface area contributed by atoms with Crippen LogP contribution < -0.4 is 15.4 Å². The number of ether oxygens (including phenoxy) is 1. The quantitative estimate of drug-likeness (QED) is 0.505. The molecule has 0 spiro atoms. The highest BCUT2D eigenvalue weighted by Crippen LogP contribution is 2.12. The van der Waals surface area contributed by atoms with E-state index < -0.39 is 6.04 Å². The lowest BCUT2D eigenvalue weighted by molar-refractivity contribution is -0.127. The molecular formula is C20H27N3O4. The van der Waals surface area contributed by atoms with Crippen LogP contribution in [-0.2, 0) is 14.4 Å². The van der Waals surface area contributed by atoms with Gasteiger partial charge >= 0.3 is 0 Å². The van der Waals surface area contributed by atoms with Crippen LogP contribution in [-0.4, -0.2) is 55.4 Å². The van der Waals surface area contributed by atoms with Crippen LogP contribution in [0.2, 0.25) is 0 Å². The van der Waals surface area contributed by atoms with Crippen LogP contribution in [0.5, 0.6) is 5.75 Å². The van der Waals surface area contributed by atoms with Crippen LogP contribution in [0.1, 0.15) is 31.7 Å². The summed E-state index contributed by atoms with van der Waals surface area (Å²) in [4.78, 5) is 37.3. The van der Waals surface area contributed by atoms with Crippen LogP contribution in [0.15, 0.2) is 30.3 Å². The van der Waals surface area contributed by atoms with Crippen LogP contribution in [0, 0.1) is 0 Å². The first-order valence-corrected chi connectivity index (χ1v) is 9.17. The van der Waals surface area contributed by atoms with Crippen LogP contribution in [0.4, 0.5) is 0 Å². The average molecular weight is 373 g/mol. The summed E-state index contributed by atoms with van der Waals surface area (Å²) in [6, 6.07) is 6.66. The van der Waals surface area contributed by atoms with Crippen LogP contribution in [0.25, 0.3) is 6.08 Å². The maximum Gasteiger partial charge on any atom is 0.244 e. The highest BCUT2D eigenvalue weighted by Gasteiger charge is 2.19. The van der Waals surface area contributed by atoms with Gasteiger partial charge in [0.15, 0.2) is 0 Å². The van der Waals surface area contributed by atoms with Crippen molar-refractivity contribution >= 4 is 23.8 Å². The number of amides is 3. The molecule has 1 atom stereocenters. The van der Waals surface area contributed by atoms with E-state index in [1.807, 2.05) is 29.2 Å². The monoisotopic (exact) mass is 373 g/mol. The Morgan fingerprint density at radius 1 is 1.30 bits per heavy atom. The number of carbonyl (C=O) groups is 3. The predicted molar refractivity (Wildman–Crippen MR) is 103 cm³/mol. The topological polar surface area (TPSA) is 87.7 Å². The molecule has 1 aliphatic rings. The van der Waals surface area contributed by atoms with Crippen LogP contribution in [0.3, 0.4) is 0 Å². The molecular weight excluding hydrogens is 346 g/mol. The number of methoxy groups -OCH3 is 1. The molecule has 1 fully saturated rings. The Kier molecular flexibility index (Phi) is 7.85. The second kappa shape index (κ2) is 10.4. The Labute approximate surface area is 159 Å². The van der Waals surface area contributed by atoms with E-state index in [9.17, 15) is 14.4 Å². The number of likely N-dealkylation sites (tertiary alicyclic amines) is 1. The lowest BCUT2D eigenvalue weighted by Gasteiger charge is -2.16. The van der Waals surface area contributed by atoms with Gasteiger partial charge in [0.1, 0.15) is 11.8 Å². The van der Waals surface area contributed by atoms with E-state index in [2.05, 4.69) is 10.6 Å². The molecule has 7 nitrogen and oxygen atoms in total. The number of nitrogens with zero attached hydrogens (tertiary/aromatic N) is 1. The lowest BCUT2D eigenvalue weighted by atomic mass is 10.2. The van der Waals surface area contributed by atoms with Gasteiger partial charge in [-0.2, -0.15) is 0 Å². The summed E-state index contributed by atoms with van der Waals surface area (Å²) < 4.78 is 5.08. The van der Waals surface area contributed by atoms with Crippen molar-refractivity contribution in [1.82, 2.24) is 15.5 Å². The highest BCUT2D eigenvalue weighted by molar-refractivity contribution is 5.95. The van der Waals surface area contributed by atoms with E-state index in [1.54, 1.807) is 20.1 Å². The third-order valence-corrected chi connectivity index (χ3v) is 4.37. The second-order valence-corrected chi connectivity index (χ2v) is 6.47. The van der Waals surface area contributed by atoms with Gasteiger partial charge < -0.3 is 20.3 Å². The van der Waals surface area contributed by atoms with E-state index in [0.717, 1.165) is 24.3 Å². The van der Waals surface area contributed by atoms with Gasteiger partial charge in [-0.1, -0.05) is 12.1 Å². The van der Waals surface area contributed by atoms with E-state index in [-0.39, 0.29) is 17.7 Å². The third-order valence-electron chi connectivity index (χ3n) is 4.37. The minimum absolute atomic E-state index is 0.186. The van der Waals surface area contributed by atoms with Gasteiger partial charge in [-0.25, -0.2) is 0 Å². The van der Waals surface area contributed by atoms with Crippen LogP contribution >= 0.6 is 0 Å². The summed E-state index contributed by atoms with van der Waals surface area (Å²) in [7, 11) is 1.59. The van der Waals surface area contributed by atoms with Crippen molar-refractivity contribution < 1.29 is 19.1 Å². The lowest BCUT2D eigenvalue weighted by Crippen LogP contribution is -2.44. The molecule has 3 amide bonds. The zero-order valence-corrected chi connectivity index (χ0v) is 15.9. The first kappa shape index (κ1) is 20.5. The molecule has 1 aromatic rings. The van der Waals surface area contributed by atoms with Crippen molar-refractivity contribution in [2.75, 3.05) is 26.7 Å². The van der Waals surface area contributed by atoms with Crippen molar-refractivity contribution in [3.8, 4) is 5.75 Å². The van der Waals surface area contributed by atoms with Gasteiger partial charge in [0.2, 0.25) is 17.7 Å². The third kappa shape index (κ3) is 6.77. The van der Waals surface area contributed by atoms with Gasteiger partial charge in [0.05, 0.1) is 7.11 Å². The molecule has 1 aliphatic heterocycles. The Bertz CT molecular complexity index is 685. The second-order valence-electron chi connectivity index (χ2n) is 6.47. The molecule has 27 heavy (non-hydrogen) atoms. The fraction of sp³-hybridized carbons (Fsp3) is 0.450. The normalized spacial score (nSPS) is 15.0. The maximum atomic E-state index is 12.0. The van der Waals surface area contributed by atoms with E-state index in [0.29, 0.717) is 25.9 Å². The number of benzene rings is 1. The van der Waals surface area contributed by atoms with Gasteiger partial charge in [-0.05, 0) is 43.5 Å². The molecule has 2 N–H and O–H groups in total. The number of hydrogen-bond donors (Lipinski definition) is 2. The SMILES string of the molecule is COc1ccc(/C=C/C(=O)NC(C)C(=O)NCCCN2CCCC2=O)cc1. The zero-order chi connectivity index (χ0) is 19.6. The minimum Gasteiger partial charge on any atom is -0.497 e. The molecule has 1 unspecified atom stereocenters. The summed E-state index contributed by atoms with van der Waals surface area (Å²) in [6.07, 6.45) is 5.31. The molecule has 146 valence electrons. The van der Waals surface area contributed by atoms with Crippen molar-refractivity contribution in [2.45, 2.75) is 32.2 Å². The molecule has 0 saturated carbocycles. The van der Waals surface area contributed by atoms with Crippen molar-refractivity contribution in [2.24, 2.45) is 0 Å². The van der Waals surface area contributed by atoms with Gasteiger partial charge in [0.25, 0.3) is 0 Å². The first-order chi connectivity index (χ1) is 13.0.